The molecule has 2 amide bonds. The molecule has 1 aliphatic rings. The number of methoxy groups -OCH3 is 1. The van der Waals surface area contributed by atoms with Crippen LogP contribution in [0.15, 0.2) is 48.5 Å². The van der Waals surface area contributed by atoms with Crippen LogP contribution in [0.5, 0.6) is 5.75 Å². The largest absolute Gasteiger partial charge is 0.497 e. The predicted molar refractivity (Wildman–Crippen MR) is 133 cm³/mol. The van der Waals surface area contributed by atoms with Gasteiger partial charge in [0.15, 0.2) is 0 Å². The molecule has 0 bridgehead atoms. The highest BCUT2D eigenvalue weighted by atomic mass is 35.5. The fourth-order valence-electron chi connectivity index (χ4n) is 4.32. The highest BCUT2D eigenvalue weighted by Gasteiger charge is 2.32. The van der Waals surface area contributed by atoms with Gasteiger partial charge in [-0.05, 0) is 73.0 Å². The van der Waals surface area contributed by atoms with Gasteiger partial charge in [0.05, 0.1) is 7.11 Å². The van der Waals surface area contributed by atoms with Gasteiger partial charge in [0.2, 0.25) is 11.7 Å². The lowest BCUT2D eigenvalue weighted by molar-refractivity contribution is -0.127. The van der Waals surface area contributed by atoms with Crippen molar-refractivity contribution in [1.29, 1.82) is 0 Å². The van der Waals surface area contributed by atoms with E-state index in [1.807, 2.05) is 6.92 Å². The first-order chi connectivity index (χ1) is 17.0. The third kappa shape index (κ3) is 5.97. The summed E-state index contributed by atoms with van der Waals surface area (Å²) in [4.78, 5) is 29.6. The van der Waals surface area contributed by atoms with Crippen molar-refractivity contribution < 1.29 is 14.3 Å². The van der Waals surface area contributed by atoms with Crippen LogP contribution in [-0.2, 0) is 16.1 Å². The Bertz CT molecular complexity index is 1140. The van der Waals surface area contributed by atoms with Crippen molar-refractivity contribution in [3.63, 3.8) is 0 Å². The molecule has 0 aliphatic heterocycles. The number of nitrogens with zero attached hydrogens (tertiary/aromatic N) is 5. The first-order valence-electron chi connectivity index (χ1n) is 11.8. The van der Waals surface area contributed by atoms with E-state index in [4.69, 9.17) is 16.3 Å². The Morgan fingerprint density at radius 3 is 2.46 bits per heavy atom. The number of ether oxygens (including phenoxy) is 1. The summed E-state index contributed by atoms with van der Waals surface area (Å²) in [5.74, 6) is 0.576. The standard InChI is InChI=1S/C25H29ClN6O3/c1-3-22(25(34)27-19-6-4-5-7-19)32(20-12-14-21(35-2)15-13-20)23(33)16-31-29-24(28-30-31)17-8-10-18(26)11-9-17/h8-15,19,22H,3-7,16H2,1-2H3,(H,27,34)/t22-/m0/s1. The molecule has 1 heterocycles. The molecule has 3 aromatic rings. The van der Waals surface area contributed by atoms with Crippen LogP contribution >= 0.6 is 11.6 Å². The molecule has 0 unspecified atom stereocenters. The van der Waals surface area contributed by atoms with E-state index in [1.165, 1.54) is 9.70 Å². The van der Waals surface area contributed by atoms with E-state index in [0.29, 0.717) is 28.7 Å². The van der Waals surface area contributed by atoms with Crippen LogP contribution in [0.1, 0.15) is 39.0 Å². The van der Waals surface area contributed by atoms with Gasteiger partial charge in [-0.2, -0.15) is 4.80 Å². The Balaban J connectivity index is 1.57. The molecule has 2 aromatic carbocycles. The van der Waals surface area contributed by atoms with E-state index >= 15 is 0 Å². The van der Waals surface area contributed by atoms with Gasteiger partial charge in [0.1, 0.15) is 18.3 Å². The molecule has 0 radical (unpaired) electrons. The zero-order chi connectivity index (χ0) is 24.8. The van der Waals surface area contributed by atoms with Gasteiger partial charge in [-0.3, -0.25) is 14.5 Å². The Kier molecular flexibility index (Phi) is 7.97. The zero-order valence-corrected chi connectivity index (χ0v) is 20.6. The van der Waals surface area contributed by atoms with Crippen LogP contribution in [0, 0.1) is 0 Å². The smallest absolute Gasteiger partial charge is 0.251 e. The molecule has 10 heteroatoms. The molecule has 1 atom stereocenters. The third-order valence-corrected chi connectivity index (χ3v) is 6.41. The lowest BCUT2D eigenvalue weighted by atomic mass is 10.1. The molecule has 9 nitrogen and oxygen atoms in total. The minimum atomic E-state index is -0.671. The van der Waals surface area contributed by atoms with Crippen molar-refractivity contribution in [1.82, 2.24) is 25.5 Å². The fourth-order valence-corrected chi connectivity index (χ4v) is 4.44. The number of halogens is 1. The van der Waals surface area contributed by atoms with Crippen molar-refractivity contribution in [2.75, 3.05) is 12.0 Å². The fraction of sp³-hybridized carbons (Fsp3) is 0.400. The van der Waals surface area contributed by atoms with Gasteiger partial charge >= 0.3 is 0 Å². The molecule has 0 spiro atoms. The van der Waals surface area contributed by atoms with Gasteiger partial charge in [-0.25, -0.2) is 0 Å². The molecule has 1 saturated carbocycles. The second-order valence-corrected chi connectivity index (χ2v) is 8.96. The highest BCUT2D eigenvalue weighted by molar-refractivity contribution is 6.30. The monoisotopic (exact) mass is 496 g/mol. The second kappa shape index (κ2) is 11.3. The van der Waals surface area contributed by atoms with E-state index in [2.05, 4.69) is 20.7 Å². The minimum absolute atomic E-state index is 0.156. The number of carbonyl (C=O) groups is 2. The first-order valence-corrected chi connectivity index (χ1v) is 12.2. The Morgan fingerprint density at radius 2 is 1.83 bits per heavy atom. The summed E-state index contributed by atoms with van der Waals surface area (Å²) in [5.41, 5.74) is 1.34. The molecule has 1 N–H and O–H groups in total. The van der Waals surface area contributed by atoms with Gasteiger partial charge < -0.3 is 10.1 Å². The van der Waals surface area contributed by atoms with E-state index in [-0.39, 0.29) is 24.4 Å². The molecule has 0 saturated heterocycles. The number of aromatic nitrogens is 4. The maximum atomic E-state index is 13.6. The van der Waals surface area contributed by atoms with Crippen LogP contribution in [0.3, 0.4) is 0 Å². The summed E-state index contributed by atoms with van der Waals surface area (Å²) >= 11 is 5.96. The van der Waals surface area contributed by atoms with Crippen LogP contribution in [0.25, 0.3) is 11.4 Å². The molecule has 1 aromatic heterocycles. The number of anilines is 1. The summed E-state index contributed by atoms with van der Waals surface area (Å²) < 4.78 is 5.26. The van der Waals surface area contributed by atoms with Crippen LogP contribution in [0.2, 0.25) is 5.02 Å². The van der Waals surface area contributed by atoms with E-state index < -0.39 is 6.04 Å². The van der Waals surface area contributed by atoms with Crippen LogP contribution < -0.4 is 15.0 Å². The molecular formula is C25H29ClN6O3. The summed E-state index contributed by atoms with van der Waals surface area (Å²) in [6.45, 7) is 1.73. The molecular weight excluding hydrogens is 468 g/mol. The van der Waals surface area contributed by atoms with Crippen molar-refractivity contribution in [3.05, 3.63) is 53.6 Å². The molecule has 1 fully saturated rings. The summed E-state index contributed by atoms with van der Waals surface area (Å²) in [6.07, 6.45) is 4.61. The Hall–Kier alpha value is -3.46. The van der Waals surface area contributed by atoms with Crippen molar-refractivity contribution in [2.24, 2.45) is 0 Å². The normalized spacial score (nSPS) is 14.5. The average Bonchev–Trinajstić information content (AvgIpc) is 3.55. The molecule has 1 aliphatic carbocycles. The maximum absolute atomic E-state index is 13.6. The molecule has 184 valence electrons. The van der Waals surface area contributed by atoms with Crippen LogP contribution in [0.4, 0.5) is 5.69 Å². The Morgan fingerprint density at radius 1 is 1.14 bits per heavy atom. The number of hydrogen-bond donors (Lipinski definition) is 1. The predicted octanol–water partition coefficient (Wildman–Crippen LogP) is 3.87. The Labute approximate surface area is 209 Å². The molecule has 35 heavy (non-hydrogen) atoms. The summed E-state index contributed by atoms with van der Waals surface area (Å²) in [6, 6.07) is 13.6. The lowest BCUT2D eigenvalue weighted by Crippen LogP contribution is -2.52. The van der Waals surface area contributed by atoms with Gasteiger partial charge in [-0.15, -0.1) is 10.2 Å². The highest BCUT2D eigenvalue weighted by Crippen LogP contribution is 2.25. The van der Waals surface area contributed by atoms with E-state index in [1.54, 1.807) is 55.6 Å². The topological polar surface area (TPSA) is 102 Å². The third-order valence-electron chi connectivity index (χ3n) is 6.15. The maximum Gasteiger partial charge on any atom is 0.251 e. The lowest BCUT2D eigenvalue weighted by Gasteiger charge is -2.31. The van der Waals surface area contributed by atoms with E-state index in [9.17, 15) is 9.59 Å². The SMILES string of the molecule is CC[C@@H](C(=O)NC1CCCC1)N(C(=O)Cn1nnc(-c2ccc(Cl)cc2)n1)c1ccc(OC)cc1. The number of hydrogen-bond acceptors (Lipinski definition) is 6. The van der Waals surface area contributed by atoms with Gasteiger partial charge in [0.25, 0.3) is 5.91 Å². The minimum Gasteiger partial charge on any atom is -0.497 e. The number of amides is 2. The molecule has 4 rings (SSSR count). The van der Waals surface area contributed by atoms with Crippen molar-refractivity contribution in [3.8, 4) is 17.1 Å². The zero-order valence-electron chi connectivity index (χ0n) is 19.9. The summed E-state index contributed by atoms with van der Waals surface area (Å²) in [7, 11) is 1.58. The van der Waals surface area contributed by atoms with Gasteiger partial charge in [-0.1, -0.05) is 31.4 Å². The number of benzene rings is 2. The quantitative estimate of drug-likeness (QED) is 0.482. The van der Waals surface area contributed by atoms with E-state index in [0.717, 1.165) is 31.2 Å². The summed E-state index contributed by atoms with van der Waals surface area (Å²) in [5, 5.41) is 16.2. The van der Waals surface area contributed by atoms with Crippen molar-refractivity contribution in [2.45, 2.75) is 57.7 Å². The second-order valence-electron chi connectivity index (χ2n) is 8.53. The first kappa shape index (κ1) is 24.7. The number of carbonyl (C=O) groups excluding carboxylic acids is 2. The van der Waals surface area contributed by atoms with Crippen LogP contribution in [-0.4, -0.2) is 51.2 Å². The number of nitrogens with one attached hydrogen (secondary N) is 1. The van der Waals surface area contributed by atoms with Crippen molar-refractivity contribution >= 4 is 29.1 Å². The van der Waals surface area contributed by atoms with Gasteiger partial charge in [0, 0.05) is 22.3 Å². The number of tetrazole rings is 1. The number of rotatable bonds is 9. The average molecular weight is 497 g/mol.